The van der Waals surface area contributed by atoms with E-state index in [0.29, 0.717) is 0 Å². The molecule has 2 nitrogen and oxygen atoms in total. The number of hydrogen-bond acceptors (Lipinski definition) is 2. The molecule has 222 valence electrons. The van der Waals surface area contributed by atoms with Gasteiger partial charge in [-0.3, -0.25) is 4.57 Å². The summed E-state index contributed by atoms with van der Waals surface area (Å²) in [5.41, 5.74) is 12.2. The fourth-order valence-electron chi connectivity index (χ4n) is 8.09. The summed E-state index contributed by atoms with van der Waals surface area (Å²) in [6.07, 6.45) is 0. The summed E-state index contributed by atoms with van der Waals surface area (Å²) in [6, 6.07) is 53.0. The van der Waals surface area contributed by atoms with Crippen LogP contribution in [0.25, 0.3) is 81.3 Å². The van der Waals surface area contributed by atoms with Gasteiger partial charge in [0.05, 0.1) is 16.7 Å². The molecule has 47 heavy (non-hydrogen) atoms. The Balaban J connectivity index is 1.30. The first-order chi connectivity index (χ1) is 23.1. The van der Waals surface area contributed by atoms with Crippen molar-refractivity contribution in [2.45, 2.75) is 19.3 Å². The van der Waals surface area contributed by atoms with Crippen LogP contribution in [0.5, 0.6) is 0 Å². The second-order valence-corrected chi connectivity index (χ2v) is 14.2. The number of fused-ring (bicyclic) bond motifs is 10. The average molecular weight is 619 g/mol. The van der Waals surface area contributed by atoms with Gasteiger partial charge in [0.1, 0.15) is 5.82 Å². The van der Waals surface area contributed by atoms with E-state index in [2.05, 4.69) is 164 Å². The molecule has 0 radical (unpaired) electrons. The monoisotopic (exact) mass is 618 g/mol. The standard InChI is InChI=1S/C44H30N2S/c1-44(2)35-20-9-6-15-29(35)31-23-24-38-41(42(31)44)34-17-7-10-21-37(34)46(38)40-26-28(27-13-4-3-5-14-27)25-36(45-40)33-19-12-18-32-30-16-8-11-22-39(30)47-43(32)33/h3-26H,1-2H3. The highest BCUT2D eigenvalue weighted by molar-refractivity contribution is 7.26. The van der Waals surface area contributed by atoms with Crippen molar-refractivity contribution in [2.75, 3.05) is 0 Å². The number of benzene rings is 6. The molecule has 0 saturated carbocycles. The highest BCUT2D eigenvalue weighted by Crippen LogP contribution is 2.53. The zero-order valence-electron chi connectivity index (χ0n) is 26.2. The van der Waals surface area contributed by atoms with Crippen LogP contribution < -0.4 is 0 Å². The van der Waals surface area contributed by atoms with Crippen LogP contribution in [0.2, 0.25) is 0 Å². The molecule has 6 aromatic carbocycles. The Morgan fingerprint density at radius 2 is 1.28 bits per heavy atom. The molecule has 0 bridgehead atoms. The highest BCUT2D eigenvalue weighted by Gasteiger charge is 2.38. The van der Waals surface area contributed by atoms with E-state index in [1.54, 1.807) is 0 Å². The molecule has 0 unspecified atom stereocenters. The van der Waals surface area contributed by atoms with Crippen LogP contribution in [0.15, 0.2) is 146 Å². The predicted molar refractivity (Wildman–Crippen MR) is 200 cm³/mol. The van der Waals surface area contributed by atoms with E-state index in [1.165, 1.54) is 75.4 Å². The van der Waals surface area contributed by atoms with E-state index in [0.717, 1.165) is 17.1 Å². The third-order valence-corrected chi connectivity index (χ3v) is 11.4. The molecular formula is C44H30N2S. The smallest absolute Gasteiger partial charge is 0.138 e. The summed E-state index contributed by atoms with van der Waals surface area (Å²) in [7, 11) is 0. The Kier molecular flexibility index (Phi) is 5.53. The number of aromatic nitrogens is 2. The van der Waals surface area contributed by atoms with Gasteiger partial charge in [-0.1, -0.05) is 129 Å². The molecule has 0 saturated heterocycles. The molecular weight excluding hydrogens is 589 g/mol. The maximum Gasteiger partial charge on any atom is 0.138 e. The molecule has 0 spiro atoms. The van der Waals surface area contributed by atoms with Gasteiger partial charge in [-0.15, -0.1) is 11.3 Å². The number of hydrogen-bond donors (Lipinski definition) is 0. The fourth-order valence-corrected chi connectivity index (χ4v) is 9.32. The number of nitrogens with zero attached hydrogens (tertiary/aromatic N) is 2. The number of thiophene rings is 1. The van der Waals surface area contributed by atoms with Crippen LogP contribution >= 0.6 is 11.3 Å². The van der Waals surface area contributed by atoms with Gasteiger partial charge in [-0.05, 0) is 63.7 Å². The number of pyridine rings is 1. The minimum Gasteiger partial charge on any atom is -0.294 e. The van der Waals surface area contributed by atoms with Crippen LogP contribution in [-0.4, -0.2) is 9.55 Å². The summed E-state index contributed by atoms with van der Waals surface area (Å²) >= 11 is 1.85. The topological polar surface area (TPSA) is 17.8 Å². The lowest BCUT2D eigenvalue weighted by atomic mass is 9.80. The fraction of sp³-hybridized carbons (Fsp3) is 0.0682. The van der Waals surface area contributed by atoms with Crippen molar-refractivity contribution < 1.29 is 0 Å². The van der Waals surface area contributed by atoms with Gasteiger partial charge in [0.2, 0.25) is 0 Å². The molecule has 0 aliphatic heterocycles. The summed E-state index contributed by atoms with van der Waals surface area (Å²) in [5.74, 6) is 0.930. The Bertz CT molecular complexity index is 2710. The lowest BCUT2D eigenvalue weighted by Gasteiger charge is -2.22. The van der Waals surface area contributed by atoms with Gasteiger partial charge < -0.3 is 0 Å². The third kappa shape index (κ3) is 3.75. The molecule has 3 heterocycles. The summed E-state index contributed by atoms with van der Waals surface area (Å²) in [4.78, 5) is 5.53. The molecule has 1 aliphatic rings. The van der Waals surface area contributed by atoms with E-state index in [1.807, 2.05) is 11.3 Å². The Morgan fingerprint density at radius 1 is 0.553 bits per heavy atom. The normalized spacial score (nSPS) is 13.5. The lowest BCUT2D eigenvalue weighted by molar-refractivity contribution is 0.666. The molecule has 3 heteroatoms. The molecule has 3 aromatic heterocycles. The van der Waals surface area contributed by atoms with Crippen molar-refractivity contribution >= 4 is 53.3 Å². The lowest BCUT2D eigenvalue weighted by Crippen LogP contribution is -2.15. The summed E-state index contributed by atoms with van der Waals surface area (Å²) in [5, 5.41) is 5.17. The summed E-state index contributed by atoms with van der Waals surface area (Å²) < 4.78 is 4.97. The maximum atomic E-state index is 5.53. The third-order valence-electron chi connectivity index (χ3n) is 10.2. The zero-order chi connectivity index (χ0) is 31.3. The molecule has 1 aliphatic carbocycles. The van der Waals surface area contributed by atoms with Gasteiger partial charge in [-0.25, -0.2) is 4.98 Å². The average Bonchev–Trinajstić information content (AvgIpc) is 3.74. The zero-order valence-corrected chi connectivity index (χ0v) is 27.0. The minimum absolute atomic E-state index is 0.123. The van der Waals surface area contributed by atoms with Crippen molar-refractivity contribution in [3.63, 3.8) is 0 Å². The van der Waals surface area contributed by atoms with Crippen molar-refractivity contribution in [3.05, 3.63) is 157 Å². The van der Waals surface area contributed by atoms with Gasteiger partial charge in [-0.2, -0.15) is 0 Å². The SMILES string of the molecule is CC1(C)c2ccccc2-c2ccc3c(c21)c1ccccc1n3-c1cc(-c2ccccc2)cc(-c2cccc3c2sc2ccccc23)n1. The second-order valence-electron chi connectivity index (χ2n) is 13.2. The van der Waals surface area contributed by atoms with Crippen LogP contribution in [-0.2, 0) is 5.41 Å². The number of rotatable bonds is 3. The van der Waals surface area contributed by atoms with E-state index >= 15 is 0 Å². The molecule has 0 N–H and O–H groups in total. The van der Waals surface area contributed by atoms with Gasteiger partial charge >= 0.3 is 0 Å². The van der Waals surface area contributed by atoms with Crippen LogP contribution in [0.1, 0.15) is 25.0 Å². The van der Waals surface area contributed by atoms with E-state index in [9.17, 15) is 0 Å². The Hall–Kier alpha value is -5.51. The highest BCUT2D eigenvalue weighted by atomic mass is 32.1. The Morgan fingerprint density at radius 3 is 2.17 bits per heavy atom. The van der Waals surface area contributed by atoms with Crippen LogP contribution in [0.4, 0.5) is 0 Å². The van der Waals surface area contributed by atoms with E-state index in [-0.39, 0.29) is 5.41 Å². The molecule has 0 atom stereocenters. The minimum atomic E-state index is -0.123. The van der Waals surface area contributed by atoms with Crippen molar-refractivity contribution in [2.24, 2.45) is 0 Å². The quantitative estimate of drug-likeness (QED) is 0.193. The van der Waals surface area contributed by atoms with Gasteiger partial charge in [0, 0.05) is 41.9 Å². The van der Waals surface area contributed by atoms with Crippen molar-refractivity contribution in [1.29, 1.82) is 0 Å². The number of para-hydroxylation sites is 1. The molecule has 0 amide bonds. The van der Waals surface area contributed by atoms with E-state index in [4.69, 9.17) is 4.98 Å². The van der Waals surface area contributed by atoms with Gasteiger partial charge in [0.15, 0.2) is 0 Å². The van der Waals surface area contributed by atoms with Crippen molar-refractivity contribution in [1.82, 2.24) is 9.55 Å². The molecule has 10 rings (SSSR count). The van der Waals surface area contributed by atoms with Crippen molar-refractivity contribution in [3.8, 4) is 39.3 Å². The molecule has 0 fully saturated rings. The maximum absolute atomic E-state index is 5.53. The largest absolute Gasteiger partial charge is 0.294 e. The Labute approximate surface area is 277 Å². The molecule has 9 aromatic rings. The first-order valence-electron chi connectivity index (χ1n) is 16.2. The van der Waals surface area contributed by atoms with E-state index < -0.39 is 0 Å². The first kappa shape index (κ1) is 26.7. The van der Waals surface area contributed by atoms with Crippen LogP contribution in [0.3, 0.4) is 0 Å². The van der Waals surface area contributed by atoms with Gasteiger partial charge in [0.25, 0.3) is 0 Å². The summed E-state index contributed by atoms with van der Waals surface area (Å²) in [6.45, 7) is 4.75. The first-order valence-corrected chi connectivity index (χ1v) is 17.0. The predicted octanol–water partition coefficient (Wildman–Crippen LogP) is 12.2. The van der Waals surface area contributed by atoms with Crippen LogP contribution in [0, 0.1) is 0 Å². The second kappa shape index (κ2) is 9.75.